The zero-order valence-electron chi connectivity index (χ0n) is 7.07. The number of alkyl halides is 2. The Hall–Kier alpha value is -1.48. The largest absolute Gasteiger partial charge is 0.506 e. The summed E-state index contributed by atoms with van der Waals surface area (Å²) in [5.74, 6) is -1.10. The van der Waals surface area contributed by atoms with E-state index in [0.717, 1.165) is 0 Å². The topological polar surface area (TPSA) is 113 Å². The second kappa shape index (κ2) is 3.59. The van der Waals surface area contributed by atoms with Crippen LogP contribution in [0.15, 0.2) is 15.8 Å². The van der Waals surface area contributed by atoms with Crippen molar-refractivity contribution < 1.29 is 22.3 Å². The average Bonchev–Trinajstić information content (AvgIpc) is 1.99. The minimum absolute atomic E-state index is 0.450. The number of nitrogens with two attached hydrogens (primary N) is 1. The summed E-state index contributed by atoms with van der Waals surface area (Å²) in [6.45, 7) is 0. The van der Waals surface area contributed by atoms with Gasteiger partial charge >= 0.3 is 0 Å². The molecule has 0 fully saturated rings. The summed E-state index contributed by atoms with van der Waals surface area (Å²) in [6, 6.07) is 0.450. The van der Waals surface area contributed by atoms with Crippen LogP contribution in [0.3, 0.4) is 0 Å². The van der Waals surface area contributed by atoms with Crippen LogP contribution in [-0.2, 0) is 10.0 Å². The molecule has 0 spiro atoms. The van der Waals surface area contributed by atoms with Crippen LogP contribution < -0.4 is 10.7 Å². The number of sulfonamides is 1. The molecule has 4 N–H and O–H groups in total. The molecule has 0 unspecified atom stereocenters. The maximum Gasteiger partial charge on any atom is 0.279 e. The van der Waals surface area contributed by atoms with E-state index in [9.17, 15) is 22.0 Å². The Morgan fingerprint density at radius 2 is 2.00 bits per heavy atom. The van der Waals surface area contributed by atoms with Crippen molar-refractivity contribution in [3.8, 4) is 5.75 Å². The molecule has 0 bridgehead atoms. The van der Waals surface area contributed by atoms with E-state index >= 15 is 0 Å². The maximum absolute atomic E-state index is 12.3. The molecular formula is C6H6F2N2O4S. The SMILES string of the molecule is NS(=O)(=O)c1c(O)cc(=O)[nH]c1C(F)F. The summed E-state index contributed by atoms with van der Waals surface area (Å²) in [4.78, 5) is 11.1. The van der Waals surface area contributed by atoms with E-state index < -0.39 is 38.3 Å². The number of nitrogens with one attached hydrogen (secondary N) is 1. The van der Waals surface area contributed by atoms with Crippen LogP contribution in [0.4, 0.5) is 8.78 Å². The molecule has 1 heterocycles. The van der Waals surface area contributed by atoms with E-state index in [1.807, 2.05) is 0 Å². The number of primary sulfonamides is 1. The molecule has 0 aliphatic carbocycles. The highest BCUT2D eigenvalue weighted by Gasteiger charge is 2.25. The minimum atomic E-state index is -4.53. The molecule has 1 aromatic heterocycles. The lowest BCUT2D eigenvalue weighted by molar-refractivity contribution is 0.141. The predicted octanol–water partition coefficient (Wildman–Crippen LogP) is -0.334. The van der Waals surface area contributed by atoms with Crippen molar-refractivity contribution in [2.75, 3.05) is 0 Å². The second-order valence-corrected chi connectivity index (χ2v) is 4.11. The van der Waals surface area contributed by atoms with Gasteiger partial charge in [-0.3, -0.25) is 4.79 Å². The number of hydrogen-bond acceptors (Lipinski definition) is 4. The summed E-state index contributed by atoms with van der Waals surface area (Å²) in [5, 5.41) is 13.6. The van der Waals surface area contributed by atoms with Crippen LogP contribution >= 0.6 is 0 Å². The summed E-state index contributed by atoms with van der Waals surface area (Å²) in [6.07, 6.45) is -3.27. The number of halogens is 2. The number of aromatic nitrogens is 1. The van der Waals surface area contributed by atoms with Gasteiger partial charge in [-0.2, -0.15) is 0 Å². The molecule has 6 nitrogen and oxygen atoms in total. The maximum atomic E-state index is 12.3. The first kappa shape index (κ1) is 11.6. The first-order chi connectivity index (χ1) is 6.73. The molecule has 84 valence electrons. The highest BCUT2D eigenvalue weighted by atomic mass is 32.2. The summed E-state index contributed by atoms with van der Waals surface area (Å²) >= 11 is 0. The number of aromatic hydroxyl groups is 1. The minimum Gasteiger partial charge on any atom is -0.506 e. The third-order valence-corrected chi connectivity index (χ3v) is 2.50. The van der Waals surface area contributed by atoms with Gasteiger partial charge in [0.25, 0.3) is 12.0 Å². The van der Waals surface area contributed by atoms with Gasteiger partial charge < -0.3 is 10.1 Å². The molecule has 0 amide bonds. The fourth-order valence-corrected chi connectivity index (χ4v) is 1.80. The average molecular weight is 240 g/mol. The fraction of sp³-hybridized carbons (Fsp3) is 0.167. The smallest absolute Gasteiger partial charge is 0.279 e. The van der Waals surface area contributed by atoms with E-state index in [1.165, 1.54) is 0 Å². The molecule has 0 saturated carbocycles. The molecule has 0 aliphatic heterocycles. The molecule has 9 heteroatoms. The van der Waals surface area contributed by atoms with E-state index in [0.29, 0.717) is 6.07 Å². The Kier molecular flexibility index (Phi) is 2.77. The van der Waals surface area contributed by atoms with Gasteiger partial charge in [-0.25, -0.2) is 22.3 Å². The highest BCUT2D eigenvalue weighted by Crippen LogP contribution is 2.28. The van der Waals surface area contributed by atoms with Crippen molar-refractivity contribution >= 4 is 10.0 Å². The number of aromatic amines is 1. The molecule has 0 aromatic carbocycles. The molecular weight excluding hydrogens is 234 g/mol. The zero-order chi connectivity index (χ0) is 11.8. The summed E-state index contributed by atoms with van der Waals surface area (Å²) < 4.78 is 46.3. The summed E-state index contributed by atoms with van der Waals surface area (Å²) in [5.41, 5.74) is -2.27. The van der Waals surface area contributed by atoms with Crippen LogP contribution in [0.25, 0.3) is 0 Å². The monoisotopic (exact) mass is 240 g/mol. The van der Waals surface area contributed by atoms with Crippen LogP contribution in [-0.4, -0.2) is 18.5 Å². The van der Waals surface area contributed by atoms with Crippen molar-refractivity contribution in [2.45, 2.75) is 11.3 Å². The van der Waals surface area contributed by atoms with Gasteiger partial charge in [0.2, 0.25) is 10.0 Å². The Labute approximate surface area is 82.4 Å². The number of pyridine rings is 1. The number of H-pyrrole nitrogens is 1. The quantitative estimate of drug-likeness (QED) is 0.656. The van der Waals surface area contributed by atoms with Crippen molar-refractivity contribution in [1.82, 2.24) is 4.98 Å². The fourth-order valence-electron chi connectivity index (χ4n) is 1.01. The first-order valence-electron chi connectivity index (χ1n) is 3.50. The lowest BCUT2D eigenvalue weighted by Gasteiger charge is -2.07. The lowest BCUT2D eigenvalue weighted by Crippen LogP contribution is -2.19. The van der Waals surface area contributed by atoms with Crippen LogP contribution in [0.2, 0.25) is 0 Å². The Morgan fingerprint density at radius 3 is 2.40 bits per heavy atom. The van der Waals surface area contributed by atoms with Gasteiger partial charge in [0.05, 0.1) is 0 Å². The molecule has 15 heavy (non-hydrogen) atoms. The van der Waals surface area contributed by atoms with E-state index in [-0.39, 0.29) is 0 Å². The van der Waals surface area contributed by atoms with Gasteiger partial charge in [-0.15, -0.1) is 0 Å². The van der Waals surface area contributed by atoms with Crippen molar-refractivity contribution in [1.29, 1.82) is 0 Å². The highest BCUT2D eigenvalue weighted by molar-refractivity contribution is 7.89. The third-order valence-electron chi connectivity index (χ3n) is 1.51. The molecule has 1 rings (SSSR count). The van der Waals surface area contributed by atoms with Gasteiger partial charge in [-0.1, -0.05) is 0 Å². The number of rotatable bonds is 2. The standard InChI is InChI=1S/C6H6F2N2O4S/c7-6(8)4-5(15(9,13)14)2(11)1-3(12)10-4/h1,6H,(H2,9,13,14)(H2,10,11,12). The lowest BCUT2D eigenvalue weighted by atomic mass is 10.3. The van der Waals surface area contributed by atoms with Gasteiger partial charge in [-0.05, 0) is 0 Å². The summed E-state index contributed by atoms with van der Waals surface area (Å²) in [7, 11) is -4.53. The van der Waals surface area contributed by atoms with E-state index in [4.69, 9.17) is 5.11 Å². The zero-order valence-corrected chi connectivity index (χ0v) is 7.88. The normalized spacial score (nSPS) is 12.0. The van der Waals surface area contributed by atoms with E-state index in [2.05, 4.69) is 5.14 Å². The Morgan fingerprint density at radius 1 is 1.47 bits per heavy atom. The van der Waals surface area contributed by atoms with Crippen LogP contribution in [0, 0.1) is 0 Å². The van der Waals surface area contributed by atoms with Crippen molar-refractivity contribution in [3.05, 3.63) is 22.1 Å². The van der Waals surface area contributed by atoms with Crippen LogP contribution in [0.1, 0.15) is 12.1 Å². The van der Waals surface area contributed by atoms with Crippen LogP contribution in [0.5, 0.6) is 5.75 Å². The molecule has 0 radical (unpaired) electrons. The molecule has 0 aliphatic rings. The van der Waals surface area contributed by atoms with Crippen molar-refractivity contribution in [2.24, 2.45) is 5.14 Å². The number of hydrogen-bond donors (Lipinski definition) is 3. The molecule has 1 aromatic rings. The third kappa shape index (κ3) is 2.30. The Balaban J connectivity index is 3.70. The van der Waals surface area contributed by atoms with Gasteiger partial charge in [0.1, 0.15) is 16.3 Å². The van der Waals surface area contributed by atoms with Gasteiger partial charge in [0, 0.05) is 6.07 Å². The van der Waals surface area contributed by atoms with E-state index in [1.54, 1.807) is 4.98 Å². The Bertz CT molecular complexity index is 537. The molecule has 0 atom stereocenters. The van der Waals surface area contributed by atoms with Gasteiger partial charge in [0.15, 0.2) is 0 Å². The molecule has 0 saturated heterocycles. The first-order valence-corrected chi connectivity index (χ1v) is 5.05. The predicted molar refractivity (Wildman–Crippen MR) is 45.1 cm³/mol. The second-order valence-electron chi connectivity index (χ2n) is 2.61. The van der Waals surface area contributed by atoms with Crippen molar-refractivity contribution in [3.63, 3.8) is 0 Å².